The number of anilines is 1. The number of aromatic nitrogens is 4. The van der Waals surface area contributed by atoms with E-state index >= 15 is 0 Å². The lowest BCUT2D eigenvalue weighted by Gasteiger charge is -1.99. The molecule has 0 aliphatic carbocycles. The van der Waals surface area contributed by atoms with Gasteiger partial charge in [0, 0.05) is 14.1 Å². The highest BCUT2D eigenvalue weighted by molar-refractivity contribution is 5.85. The van der Waals surface area contributed by atoms with Gasteiger partial charge in [0.05, 0.1) is 11.6 Å². The van der Waals surface area contributed by atoms with Crippen LogP contribution in [0, 0.1) is 0 Å². The number of hydrogen-bond donors (Lipinski definition) is 2. The summed E-state index contributed by atoms with van der Waals surface area (Å²) < 4.78 is 1.56. The van der Waals surface area contributed by atoms with E-state index < -0.39 is 0 Å². The van der Waals surface area contributed by atoms with E-state index in [4.69, 9.17) is 0 Å². The molecule has 68 valence electrons. The summed E-state index contributed by atoms with van der Waals surface area (Å²) in [5.74, 6) is 0.642. The van der Waals surface area contributed by atoms with Crippen molar-refractivity contribution in [3.8, 4) is 0 Å². The van der Waals surface area contributed by atoms with Crippen LogP contribution in [-0.4, -0.2) is 26.8 Å². The summed E-state index contributed by atoms with van der Waals surface area (Å²) in [5, 5.41) is 7.69. The highest BCUT2D eigenvalue weighted by Crippen LogP contribution is 2.14. The molecule has 2 aromatic rings. The molecule has 0 bridgehead atoms. The fourth-order valence-electron chi connectivity index (χ4n) is 1.24. The zero-order valence-corrected chi connectivity index (χ0v) is 7.33. The van der Waals surface area contributed by atoms with Crippen molar-refractivity contribution in [3.63, 3.8) is 0 Å². The van der Waals surface area contributed by atoms with Crippen LogP contribution in [0.15, 0.2) is 11.0 Å². The number of hydrogen-bond acceptors (Lipinski definition) is 4. The van der Waals surface area contributed by atoms with Crippen molar-refractivity contribution in [1.82, 2.24) is 19.7 Å². The summed E-state index contributed by atoms with van der Waals surface area (Å²) in [4.78, 5) is 17.4. The molecule has 0 saturated carbocycles. The predicted molar refractivity (Wildman–Crippen MR) is 48.7 cm³/mol. The maximum absolute atomic E-state index is 11.1. The summed E-state index contributed by atoms with van der Waals surface area (Å²) in [7, 11) is 3.48. The van der Waals surface area contributed by atoms with Crippen LogP contribution in [0.4, 0.5) is 5.82 Å². The van der Waals surface area contributed by atoms with Crippen LogP contribution in [0.25, 0.3) is 11.0 Å². The minimum Gasteiger partial charge on any atom is -0.374 e. The van der Waals surface area contributed by atoms with Crippen LogP contribution >= 0.6 is 0 Å². The van der Waals surface area contributed by atoms with E-state index in [0.717, 1.165) is 5.39 Å². The van der Waals surface area contributed by atoms with Gasteiger partial charge in [0.2, 0.25) is 0 Å². The Morgan fingerprint density at radius 3 is 3.08 bits per heavy atom. The highest BCUT2D eigenvalue weighted by Gasteiger charge is 2.06. The van der Waals surface area contributed by atoms with Crippen LogP contribution in [0.5, 0.6) is 0 Å². The molecule has 13 heavy (non-hydrogen) atoms. The normalized spacial score (nSPS) is 10.6. The monoisotopic (exact) mass is 179 g/mol. The first kappa shape index (κ1) is 7.78. The molecule has 0 unspecified atom stereocenters. The molecule has 2 aromatic heterocycles. The summed E-state index contributed by atoms with van der Waals surface area (Å²) >= 11 is 0. The van der Waals surface area contributed by atoms with Crippen LogP contribution in [0.1, 0.15) is 0 Å². The highest BCUT2D eigenvalue weighted by atomic mass is 16.1. The van der Waals surface area contributed by atoms with Crippen LogP contribution in [0.2, 0.25) is 0 Å². The first-order chi connectivity index (χ1) is 6.22. The van der Waals surface area contributed by atoms with Gasteiger partial charge in [-0.05, 0) is 0 Å². The van der Waals surface area contributed by atoms with Gasteiger partial charge in [-0.25, -0.2) is 4.79 Å². The third-order valence-electron chi connectivity index (χ3n) is 1.87. The molecule has 0 aliphatic rings. The second kappa shape index (κ2) is 2.58. The predicted octanol–water partition coefficient (Wildman–Crippen LogP) is -0.302. The van der Waals surface area contributed by atoms with Crippen LogP contribution < -0.4 is 11.0 Å². The zero-order valence-electron chi connectivity index (χ0n) is 7.33. The van der Waals surface area contributed by atoms with Crippen molar-refractivity contribution in [2.75, 3.05) is 12.4 Å². The number of aryl methyl sites for hydroxylation is 1. The minimum atomic E-state index is -0.375. The Morgan fingerprint density at radius 2 is 2.38 bits per heavy atom. The van der Waals surface area contributed by atoms with Gasteiger partial charge < -0.3 is 5.32 Å². The van der Waals surface area contributed by atoms with Gasteiger partial charge in [-0.3, -0.25) is 9.67 Å². The molecule has 6 heteroatoms. The summed E-state index contributed by atoms with van der Waals surface area (Å²) in [6, 6.07) is 0. The average molecular weight is 179 g/mol. The minimum absolute atomic E-state index is 0.375. The summed E-state index contributed by atoms with van der Waals surface area (Å²) in [6.45, 7) is 0. The van der Waals surface area contributed by atoms with E-state index in [1.807, 2.05) is 0 Å². The van der Waals surface area contributed by atoms with Crippen LogP contribution in [-0.2, 0) is 7.05 Å². The van der Waals surface area contributed by atoms with E-state index in [1.165, 1.54) is 0 Å². The molecule has 0 amide bonds. The fraction of sp³-hybridized carbons (Fsp3) is 0.286. The third-order valence-corrected chi connectivity index (χ3v) is 1.87. The molecule has 0 saturated heterocycles. The quantitative estimate of drug-likeness (QED) is 0.630. The van der Waals surface area contributed by atoms with E-state index in [2.05, 4.69) is 20.4 Å². The van der Waals surface area contributed by atoms with Crippen molar-refractivity contribution < 1.29 is 0 Å². The van der Waals surface area contributed by atoms with Gasteiger partial charge in [0.1, 0.15) is 5.82 Å². The van der Waals surface area contributed by atoms with Gasteiger partial charge in [-0.2, -0.15) is 10.1 Å². The van der Waals surface area contributed by atoms with E-state index in [0.29, 0.717) is 11.5 Å². The number of fused-ring (bicyclic) bond motifs is 1. The third kappa shape index (κ3) is 1.07. The molecule has 2 rings (SSSR count). The summed E-state index contributed by atoms with van der Waals surface area (Å²) in [5.41, 5.74) is 0.202. The average Bonchev–Trinajstić information content (AvgIpc) is 2.47. The van der Waals surface area contributed by atoms with Gasteiger partial charge in [-0.15, -0.1) is 0 Å². The van der Waals surface area contributed by atoms with Gasteiger partial charge >= 0.3 is 5.69 Å². The topological polar surface area (TPSA) is 75.6 Å². The molecule has 0 spiro atoms. The number of rotatable bonds is 1. The first-order valence-corrected chi connectivity index (χ1v) is 3.82. The Hall–Kier alpha value is -1.85. The molecule has 0 aromatic carbocycles. The molecular weight excluding hydrogens is 170 g/mol. The fourth-order valence-corrected chi connectivity index (χ4v) is 1.24. The van der Waals surface area contributed by atoms with E-state index in [9.17, 15) is 4.79 Å². The number of nitrogens with one attached hydrogen (secondary N) is 2. The van der Waals surface area contributed by atoms with E-state index in [1.54, 1.807) is 25.0 Å². The molecule has 2 heterocycles. The van der Waals surface area contributed by atoms with E-state index in [-0.39, 0.29) is 5.69 Å². The van der Waals surface area contributed by atoms with Gasteiger partial charge in [0.25, 0.3) is 0 Å². The van der Waals surface area contributed by atoms with Gasteiger partial charge in [-0.1, -0.05) is 0 Å². The van der Waals surface area contributed by atoms with Crippen molar-refractivity contribution >= 4 is 16.9 Å². The molecule has 0 fully saturated rings. The lowest BCUT2D eigenvalue weighted by Crippen LogP contribution is -2.13. The molecule has 0 aliphatic heterocycles. The molecule has 2 N–H and O–H groups in total. The Morgan fingerprint density at radius 1 is 1.62 bits per heavy atom. The van der Waals surface area contributed by atoms with Crippen molar-refractivity contribution in [2.24, 2.45) is 7.05 Å². The first-order valence-electron chi connectivity index (χ1n) is 3.82. The largest absolute Gasteiger partial charge is 0.374 e. The Labute approximate surface area is 73.6 Å². The van der Waals surface area contributed by atoms with Crippen molar-refractivity contribution in [1.29, 1.82) is 0 Å². The standard InChI is InChI=1S/C7H9N5O/c1-8-5-4-3-9-12(2)6(4)11-7(13)10-5/h3H,1-2H3,(H2,8,10,11,13). The lowest BCUT2D eigenvalue weighted by molar-refractivity contribution is 0.783. The maximum atomic E-state index is 11.1. The van der Waals surface area contributed by atoms with Crippen LogP contribution in [0.3, 0.4) is 0 Å². The second-order valence-electron chi connectivity index (χ2n) is 2.67. The lowest BCUT2D eigenvalue weighted by atomic mass is 10.4. The Balaban J connectivity index is 2.92. The smallest absolute Gasteiger partial charge is 0.348 e. The number of aromatic amines is 1. The Bertz CT molecular complexity index is 497. The van der Waals surface area contributed by atoms with Gasteiger partial charge in [0.15, 0.2) is 5.65 Å². The molecule has 0 radical (unpaired) electrons. The SMILES string of the molecule is CNc1[nH]c(=O)nc2c1cnn2C. The number of H-pyrrole nitrogens is 1. The number of nitrogens with zero attached hydrogens (tertiary/aromatic N) is 3. The maximum Gasteiger partial charge on any atom is 0.348 e. The van der Waals surface area contributed by atoms with Crippen molar-refractivity contribution in [3.05, 3.63) is 16.7 Å². The molecule has 0 atom stereocenters. The molecular formula is C7H9N5O. The Kier molecular flexibility index (Phi) is 1.54. The molecule has 6 nitrogen and oxygen atoms in total. The second-order valence-corrected chi connectivity index (χ2v) is 2.67. The van der Waals surface area contributed by atoms with Crippen molar-refractivity contribution in [2.45, 2.75) is 0 Å². The summed E-state index contributed by atoms with van der Waals surface area (Å²) in [6.07, 6.45) is 1.66. The zero-order chi connectivity index (χ0) is 9.42.